The van der Waals surface area contributed by atoms with Crippen LogP contribution >= 0.6 is 17.0 Å². The number of hydrogen-bond acceptors (Lipinski definition) is 2. The number of nitrogens with one attached hydrogen (secondary N) is 1. The SMILES string of the molecule is Br.NC1=CC=CC=CN1. The lowest BCUT2D eigenvalue weighted by Gasteiger charge is -1.93. The van der Waals surface area contributed by atoms with E-state index >= 15 is 0 Å². The number of allylic oxidation sites excluding steroid dienone is 4. The third-order valence-electron chi connectivity index (χ3n) is 0.844. The zero-order valence-electron chi connectivity index (χ0n) is 4.87. The summed E-state index contributed by atoms with van der Waals surface area (Å²) >= 11 is 0. The lowest BCUT2D eigenvalue weighted by atomic mass is 10.5. The highest BCUT2D eigenvalue weighted by Crippen LogP contribution is 1.86. The van der Waals surface area contributed by atoms with Crippen LogP contribution in [0.4, 0.5) is 0 Å². The second-order valence-electron chi connectivity index (χ2n) is 1.51. The van der Waals surface area contributed by atoms with Gasteiger partial charge in [-0.05, 0) is 12.2 Å². The Labute approximate surface area is 64.9 Å². The summed E-state index contributed by atoms with van der Waals surface area (Å²) in [5.74, 6) is 0.676. The third-order valence-corrected chi connectivity index (χ3v) is 0.844. The van der Waals surface area contributed by atoms with E-state index in [1.54, 1.807) is 12.3 Å². The number of halogens is 1. The first kappa shape index (κ1) is 8.30. The van der Waals surface area contributed by atoms with Crippen molar-refractivity contribution in [1.82, 2.24) is 5.32 Å². The fourth-order valence-electron chi connectivity index (χ4n) is 0.471. The fraction of sp³-hybridized carbons (Fsp3) is 0. The molecule has 9 heavy (non-hydrogen) atoms. The normalized spacial score (nSPS) is 14.9. The van der Waals surface area contributed by atoms with Crippen molar-refractivity contribution in [2.24, 2.45) is 5.73 Å². The summed E-state index contributed by atoms with van der Waals surface area (Å²) in [5, 5.41) is 2.84. The maximum Gasteiger partial charge on any atom is 0.1000 e. The van der Waals surface area contributed by atoms with E-state index < -0.39 is 0 Å². The first-order chi connectivity index (χ1) is 3.89. The van der Waals surface area contributed by atoms with Crippen LogP contribution in [0.1, 0.15) is 0 Å². The van der Waals surface area contributed by atoms with Crippen LogP contribution in [0.2, 0.25) is 0 Å². The van der Waals surface area contributed by atoms with Gasteiger partial charge in [0.25, 0.3) is 0 Å². The predicted octanol–water partition coefficient (Wildman–Crippen LogP) is 1.04. The molecule has 0 saturated heterocycles. The molecule has 3 N–H and O–H groups in total. The van der Waals surface area contributed by atoms with Gasteiger partial charge in [0.05, 0.1) is 5.82 Å². The van der Waals surface area contributed by atoms with Gasteiger partial charge in [-0.15, -0.1) is 17.0 Å². The molecule has 0 radical (unpaired) electrons. The summed E-state index contributed by atoms with van der Waals surface area (Å²) in [5.41, 5.74) is 5.38. The van der Waals surface area contributed by atoms with Gasteiger partial charge in [0.1, 0.15) is 0 Å². The highest BCUT2D eigenvalue weighted by atomic mass is 79.9. The highest BCUT2D eigenvalue weighted by Gasteiger charge is 1.80. The molecule has 0 spiro atoms. The van der Waals surface area contributed by atoms with Gasteiger partial charge in [0.2, 0.25) is 0 Å². The molecule has 0 aromatic carbocycles. The van der Waals surface area contributed by atoms with Crippen molar-refractivity contribution in [3.8, 4) is 0 Å². The molecule has 0 atom stereocenters. The van der Waals surface area contributed by atoms with Gasteiger partial charge < -0.3 is 11.1 Å². The fourth-order valence-corrected chi connectivity index (χ4v) is 0.471. The summed E-state index contributed by atoms with van der Waals surface area (Å²) in [4.78, 5) is 0. The smallest absolute Gasteiger partial charge is 0.1000 e. The molecular formula is C6H9BrN2. The largest absolute Gasteiger partial charge is 0.385 e. The minimum atomic E-state index is 0. The van der Waals surface area contributed by atoms with E-state index in [9.17, 15) is 0 Å². The Morgan fingerprint density at radius 3 is 2.78 bits per heavy atom. The molecule has 0 aliphatic carbocycles. The van der Waals surface area contributed by atoms with Gasteiger partial charge in [-0.25, -0.2) is 0 Å². The van der Waals surface area contributed by atoms with Crippen molar-refractivity contribution in [3.05, 3.63) is 36.3 Å². The van der Waals surface area contributed by atoms with Crippen molar-refractivity contribution in [2.75, 3.05) is 0 Å². The third kappa shape index (κ3) is 2.98. The van der Waals surface area contributed by atoms with Crippen LogP contribution in [-0.2, 0) is 0 Å². The second-order valence-corrected chi connectivity index (χ2v) is 1.51. The molecule has 0 aromatic heterocycles. The first-order valence-electron chi connectivity index (χ1n) is 2.45. The van der Waals surface area contributed by atoms with Crippen LogP contribution in [0.15, 0.2) is 36.3 Å². The van der Waals surface area contributed by atoms with Crippen LogP contribution in [-0.4, -0.2) is 0 Å². The molecule has 3 heteroatoms. The molecule has 0 unspecified atom stereocenters. The van der Waals surface area contributed by atoms with E-state index in [-0.39, 0.29) is 17.0 Å². The molecule has 2 nitrogen and oxygen atoms in total. The predicted molar refractivity (Wildman–Crippen MR) is 44.0 cm³/mol. The van der Waals surface area contributed by atoms with E-state index in [4.69, 9.17) is 5.73 Å². The molecule has 50 valence electrons. The van der Waals surface area contributed by atoms with Gasteiger partial charge in [0.15, 0.2) is 0 Å². The minimum Gasteiger partial charge on any atom is -0.385 e. The summed E-state index contributed by atoms with van der Waals surface area (Å²) < 4.78 is 0. The minimum absolute atomic E-state index is 0. The summed E-state index contributed by atoms with van der Waals surface area (Å²) in [6.07, 6.45) is 9.27. The Bertz CT molecular complexity index is 158. The molecule has 0 fully saturated rings. The number of nitrogens with two attached hydrogens (primary N) is 1. The van der Waals surface area contributed by atoms with Crippen molar-refractivity contribution in [1.29, 1.82) is 0 Å². The Morgan fingerprint density at radius 2 is 2.00 bits per heavy atom. The van der Waals surface area contributed by atoms with Gasteiger partial charge in [-0.1, -0.05) is 12.2 Å². The molecule has 1 aliphatic rings. The van der Waals surface area contributed by atoms with Crippen LogP contribution < -0.4 is 11.1 Å². The van der Waals surface area contributed by atoms with Crippen molar-refractivity contribution >= 4 is 17.0 Å². The van der Waals surface area contributed by atoms with Gasteiger partial charge in [-0.3, -0.25) is 0 Å². The molecular weight excluding hydrogens is 180 g/mol. The zero-order chi connectivity index (χ0) is 5.82. The van der Waals surface area contributed by atoms with Crippen molar-refractivity contribution < 1.29 is 0 Å². The number of hydrogen-bond donors (Lipinski definition) is 2. The van der Waals surface area contributed by atoms with Crippen LogP contribution in [0.5, 0.6) is 0 Å². The lowest BCUT2D eigenvalue weighted by Crippen LogP contribution is -2.12. The first-order valence-corrected chi connectivity index (χ1v) is 2.45. The Morgan fingerprint density at radius 1 is 1.22 bits per heavy atom. The summed E-state index contributed by atoms with van der Waals surface area (Å²) in [6, 6.07) is 0. The van der Waals surface area contributed by atoms with E-state index in [0.29, 0.717) is 5.82 Å². The standard InChI is InChI=1S/C6H8N2.BrH/c7-6-4-2-1-3-5-8-6;/h1-5,8H,7H2;1H. The molecule has 1 rings (SSSR count). The number of rotatable bonds is 0. The molecule has 1 aliphatic heterocycles. The van der Waals surface area contributed by atoms with Gasteiger partial charge in [-0.2, -0.15) is 0 Å². The maximum atomic E-state index is 5.38. The second kappa shape index (κ2) is 4.21. The van der Waals surface area contributed by atoms with E-state index in [0.717, 1.165) is 0 Å². The summed E-state index contributed by atoms with van der Waals surface area (Å²) in [7, 11) is 0. The van der Waals surface area contributed by atoms with Crippen LogP contribution in [0.25, 0.3) is 0 Å². The molecule has 1 heterocycles. The van der Waals surface area contributed by atoms with E-state index in [1.165, 1.54) is 0 Å². The van der Waals surface area contributed by atoms with E-state index in [1.807, 2.05) is 18.2 Å². The topological polar surface area (TPSA) is 38.0 Å². The van der Waals surface area contributed by atoms with Crippen LogP contribution in [0.3, 0.4) is 0 Å². The molecule has 0 bridgehead atoms. The maximum absolute atomic E-state index is 5.38. The Balaban J connectivity index is 0.000000640. The van der Waals surface area contributed by atoms with Crippen LogP contribution in [0, 0.1) is 0 Å². The average molecular weight is 189 g/mol. The van der Waals surface area contributed by atoms with Gasteiger partial charge >= 0.3 is 0 Å². The van der Waals surface area contributed by atoms with Gasteiger partial charge in [0, 0.05) is 6.20 Å². The van der Waals surface area contributed by atoms with E-state index in [2.05, 4.69) is 5.32 Å². The zero-order valence-corrected chi connectivity index (χ0v) is 6.59. The summed E-state index contributed by atoms with van der Waals surface area (Å²) in [6.45, 7) is 0. The Kier molecular flexibility index (Phi) is 3.88. The quantitative estimate of drug-likeness (QED) is 0.597. The van der Waals surface area contributed by atoms with Crippen molar-refractivity contribution in [3.63, 3.8) is 0 Å². The molecule has 0 saturated carbocycles. The molecule has 0 amide bonds. The van der Waals surface area contributed by atoms with Crippen molar-refractivity contribution in [2.45, 2.75) is 0 Å². The molecule has 0 aromatic rings. The lowest BCUT2D eigenvalue weighted by molar-refractivity contribution is 1.03. The average Bonchev–Trinajstić information content (AvgIpc) is 1.94. The Hall–Kier alpha value is -0.700. The monoisotopic (exact) mass is 188 g/mol. The highest BCUT2D eigenvalue weighted by molar-refractivity contribution is 8.93.